The molecule has 0 aromatic heterocycles. The van der Waals surface area contributed by atoms with Crippen molar-refractivity contribution in [1.82, 2.24) is 5.43 Å². The molecule has 0 radical (unpaired) electrons. The van der Waals surface area contributed by atoms with E-state index in [2.05, 4.69) is 10.5 Å². The number of anilines is 1. The average Bonchev–Trinajstić information content (AvgIpc) is 3.08. The summed E-state index contributed by atoms with van der Waals surface area (Å²) in [7, 11) is 0. The largest absolute Gasteiger partial charge is 0.431 e. The summed E-state index contributed by atoms with van der Waals surface area (Å²) in [5.74, 6) is -0.404. The van der Waals surface area contributed by atoms with Crippen molar-refractivity contribution in [2.45, 2.75) is 31.1 Å². The van der Waals surface area contributed by atoms with Crippen LogP contribution in [0.1, 0.15) is 23.6 Å². The number of amides is 1. The number of hydrogen-bond donors (Lipinski definition) is 1. The van der Waals surface area contributed by atoms with Crippen LogP contribution in [0.4, 0.5) is 18.9 Å². The molecule has 1 spiro atoms. The second-order valence-electron chi connectivity index (χ2n) is 6.64. The molecule has 1 saturated heterocycles. The number of hydrogen-bond acceptors (Lipinski definition) is 3. The number of nitrogens with one attached hydrogen (secondary N) is 1. The van der Waals surface area contributed by atoms with E-state index >= 15 is 0 Å². The molecule has 134 valence electrons. The first-order chi connectivity index (χ1) is 12.3. The summed E-state index contributed by atoms with van der Waals surface area (Å²) in [5.41, 5.74) is 2.58. The minimum atomic E-state index is -4.55. The molecule has 26 heavy (non-hydrogen) atoms. The van der Waals surface area contributed by atoms with Gasteiger partial charge in [0.25, 0.3) is 5.91 Å². The van der Waals surface area contributed by atoms with Gasteiger partial charge in [-0.05, 0) is 24.6 Å². The number of alkyl halides is 3. The summed E-state index contributed by atoms with van der Waals surface area (Å²) in [6.07, 6.45) is -5.03. The van der Waals surface area contributed by atoms with E-state index in [1.54, 1.807) is 24.3 Å². The van der Waals surface area contributed by atoms with Crippen molar-refractivity contribution in [3.8, 4) is 0 Å². The first-order valence-electron chi connectivity index (χ1n) is 8.19. The maximum atomic E-state index is 13.1. The highest BCUT2D eigenvalue weighted by molar-refractivity contribution is 6.13. The van der Waals surface area contributed by atoms with Crippen LogP contribution in [0.5, 0.6) is 0 Å². The highest BCUT2D eigenvalue weighted by Crippen LogP contribution is 2.50. The smallest absolute Gasteiger partial charge is 0.300 e. The van der Waals surface area contributed by atoms with Crippen LogP contribution in [-0.2, 0) is 4.79 Å². The number of rotatable bonds is 2. The van der Waals surface area contributed by atoms with Gasteiger partial charge in [-0.3, -0.25) is 15.1 Å². The Balaban J connectivity index is 1.77. The number of nitrogens with zero attached hydrogens (tertiary/aromatic N) is 2. The normalized spacial score (nSPS) is 25.1. The van der Waals surface area contributed by atoms with Crippen molar-refractivity contribution in [2.24, 2.45) is 5.10 Å². The van der Waals surface area contributed by atoms with Gasteiger partial charge in [0.15, 0.2) is 5.54 Å². The number of carbonyl (C=O) groups excluding carboxylic acids is 1. The molecule has 2 atom stereocenters. The quantitative estimate of drug-likeness (QED) is 0.831. The lowest BCUT2D eigenvalue weighted by atomic mass is 9.72. The van der Waals surface area contributed by atoms with Gasteiger partial charge in [-0.2, -0.15) is 18.3 Å². The Labute approximate surface area is 148 Å². The van der Waals surface area contributed by atoms with Crippen molar-refractivity contribution in [3.05, 3.63) is 65.7 Å². The van der Waals surface area contributed by atoms with Crippen molar-refractivity contribution in [1.29, 1.82) is 0 Å². The van der Waals surface area contributed by atoms with Gasteiger partial charge in [-0.15, -0.1) is 0 Å². The number of β-lactam (4-membered cyclic amide) rings is 1. The fraction of sp³-hybridized carbons (Fsp3) is 0.263. The lowest BCUT2D eigenvalue weighted by molar-refractivity contribution is -0.134. The fourth-order valence-electron chi connectivity index (χ4n) is 3.69. The zero-order valence-corrected chi connectivity index (χ0v) is 13.9. The third-order valence-corrected chi connectivity index (χ3v) is 4.88. The van der Waals surface area contributed by atoms with Crippen molar-refractivity contribution in [3.63, 3.8) is 0 Å². The number of halogens is 3. The molecule has 7 heteroatoms. The van der Waals surface area contributed by atoms with E-state index in [0.29, 0.717) is 5.69 Å². The van der Waals surface area contributed by atoms with Crippen LogP contribution in [0.2, 0.25) is 0 Å². The maximum absolute atomic E-state index is 13.1. The summed E-state index contributed by atoms with van der Waals surface area (Å²) < 4.78 is 39.3. The number of benzene rings is 2. The average molecular weight is 359 g/mol. The van der Waals surface area contributed by atoms with E-state index in [0.717, 1.165) is 11.1 Å². The van der Waals surface area contributed by atoms with Gasteiger partial charge >= 0.3 is 6.18 Å². The van der Waals surface area contributed by atoms with Gasteiger partial charge < -0.3 is 0 Å². The Morgan fingerprint density at radius 3 is 2.50 bits per heavy atom. The summed E-state index contributed by atoms with van der Waals surface area (Å²) in [4.78, 5) is 14.5. The van der Waals surface area contributed by atoms with Gasteiger partial charge in [0.05, 0.1) is 6.04 Å². The summed E-state index contributed by atoms with van der Waals surface area (Å²) in [5, 5.41) is 3.45. The van der Waals surface area contributed by atoms with E-state index in [4.69, 9.17) is 0 Å². The van der Waals surface area contributed by atoms with Crippen molar-refractivity contribution < 1.29 is 18.0 Å². The Kier molecular flexibility index (Phi) is 3.57. The first kappa shape index (κ1) is 16.6. The van der Waals surface area contributed by atoms with E-state index in [1.807, 2.05) is 37.3 Å². The van der Waals surface area contributed by atoms with Crippen LogP contribution >= 0.6 is 0 Å². The molecule has 0 bridgehead atoms. The van der Waals surface area contributed by atoms with Crippen LogP contribution < -0.4 is 10.3 Å². The molecule has 1 N–H and O–H groups in total. The molecule has 2 aromatic carbocycles. The highest BCUT2D eigenvalue weighted by atomic mass is 19.4. The second kappa shape index (κ2) is 5.59. The highest BCUT2D eigenvalue weighted by Gasteiger charge is 2.66. The van der Waals surface area contributed by atoms with E-state index in [9.17, 15) is 18.0 Å². The molecule has 0 unspecified atom stereocenters. The number of aryl methyl sites for hydroxylation is 1. The molecular weight excluding hydrogens is 343 g/mol. The molecule has 1 amide bonds. The molecule has 1 fully saturated rings. The molecule has 2 heterocycles. The molecule has 4 nitrogen and oxygen atoms in total. The third-order valence-electron chi connectivity index (χ3n) is 4.88. The van der Waals surface area contributed by atoms with Gasteiger partial charge in [0, 0.05) is 12.1 Å². The van der Waals surface area contributed by atoms with Crippen LogP contribution in [-0.4, -0.2) is 23.3 Å². The van der Waals surface area contributed by atoms with E-state index in [-0.39, 0.29) is 0 Å². The molecule has 4 rings (SSSR count). The van der Waals surface area contributed by atoms with E-state index in [1.165, 1.54) is 4.90 Å². The van der Waals surface area contributed by atoms with Crippen LogP contribution in [0.15, 0.2) is 59.7 Å². The van der Waals surface area contributed by atoms with Gasteiger partial charge in [-0.1, -0.05) is 48.0 Å². The number of carbonyl (C=O) groups is 1. The van der Waals surface area contributed by atoms with Crippen molar-refractivity contribution >= 4 is 17.3 Å². The summed E-state index contributed by atoms with van der Waals surface area (Å²) in [6, 6.07) is 15.8. The zero-order chi connectivity index (χ0) is 18.5. The van der Waals surface area contributed by atoms with Crippen LogP contribution in [0.3, 0.4) is 0 Å². The van der Waals surface area contributed by atoms with Gasteiger partial charge in [0.2, 0.25) is 0 Å². The second-order valence-corrected chi connectivity index (χ2v) is 6.64. The Bertz CT molecular complexity index is 894. The first-order valence-corrected chi connectivity index (χ1v) is 8.19. The predicted molar refractivity (Wildman–Crippen MR) is 91.8 cm³/mol. The third kappa shape index (κ3) is 2.38. The lowest BCUT2D eigenvalue weighted by Crippen LogP contribution is -2.73. The maximum Gasteiger partial charge on any atom is 0.431 e. The topological polar surface area (TPSA) is 44.7 Å². The number of hydrazone groups is 1. The van der Waals surface area contributed by atoms with Crippen molar-refractivity contribution in [2.75, 3.05) is 4.90 Å². The molecule has 0 saturated carbocycles. The number of para-hydroxylation sites is 1. The summed E-state index contributed by atoms with van der Waals surface area (Å²) >= 11 is 0. The molecule has 0 aliphatic carbocycles. The molecule has 2 aliphatic heterocycles. The standard InChI is InChI=1S/C19H16F3N3O/c1-12-6-5-7-13(10-12)16-18(11-15(23-24-18)19(20,21)22)17(26)25(16)14-8-3-2-4-9-14/h2-10,16,24H,11H2,1H3/t16-,18-/m1/s1. The monoisotopic (exact) mass is 359 g/mol. The minimum absolute atomic E-state index is 0.404. The Morgan fingerprint density at radius 2 is 1.88 bits per heavy atom. The van der Waals surface area contributed by atoms with Gasteiger partial charge in [0.1, 0.15) is 5.71 Å². The Hall–Kier alpha value is -2.83. The van der Waals surface area contributed by atoms with Crippen LogP contribution in [0.25, 0.3) is 0 Å². The van der Waals surface area contributed by atoms with Gasteiger partial charge in [-0.25, -0.2) is 0 Å². The lowest BCUT2D eigenvalue weighted by Gasteiger charge is -2.54. The molecular formula is C19H16F3N3O. The minimum Gasteiger partial charge on any atom is -0.300 e. The SMILES string of the molecule is Cc1cccc([C@H]2N(c3ccccc3)C(=O)[C@@]23CC(C(F)(F)F)=NN3)c1. The Morgan fingerprint density at radius 1 is 1.15 bits per heavy atom. The summed E-state index contributed by atoms with van der Waals surface area (Å²) in [6.45, 7) is 1.91. The molecule has 2 aliphatic rings. The molecule has 2 aromatic rings. The fourth-order valence-corrected chi connectivity index (χ4v) is 3.69. The van der Waals surface area contributed by atoms with Crippen LogP contribution in [0, 0.1) is 6.92 Å². The van der Waals surface area contributed by atoms with E-state index < -0.39 is 35.8 Å². The zero-order valence-electron chi connectivity index (χ0n) is 13.9. The predicted octanol–water partition coefficient (Wildman–Crippen LogP) is 3.73.